The zero-order valence-corrected chi connectivity index (χ0v) is 20.4. The molecule has 1 saturated heterocycles. The Morgan fingerprint density at radius 3 is 1.69 bits per heavy atom. The van der Waals surface area contributed by atoms with E-state index in [4.69, 9.17) is 23.2 Å². The monoisotopic (exact) mass is 504 g/mol. The Labute approximate surface area is 213 Å². The number of benzene rings is 3. The normalized spacial score (nSPS) is 27.9. The number of hydrogen-bond donors (Lipinski definition) is 1. The maximum absolute atomic E-state index is 13.8. The third-order valence-electron chi connectivity index (χ3n) is 7.66. The van der Waals surface area contributed by atoms with Gasteiger partial charge in [0, 0.05) is 18.7 Å². The minimum atomic E-state index is -1.21. The molecule has 0 unspecified atom stereocenters. The van der Waals surface area contributed by atoms with Gasteiger partial charge in [-0.25, -0.2) is 0 Å². The second-order valence-electron chi connectivity index (χ2n) is 9.41. The number of aryl methyl sites for hydroxylation is 1. The van der Waals surface area contributed by atoms with Crippen LogP contribution in [-0.4, -0.2) is 29.2 Å². The van der Waals surface area contributed by atoms with Crippen LogP contribution in [0.2, 0.25) is 0 Å². The summed E-state index contributed by atoms with van der Waals surface area (Å²) in [5.74, 6) is -2.73. The summed E-state index contributed by atoms with van der Waals surface area (Å²) >= 11 is 14.8. The fourth-order valence-electron chi connectivity index (χ4n) is 6.08. The molecule has 1 aliphatic heterocycles. The Bertz CT molecular complexity index is 1300. The number of imide groups is 1. The standard InChI is InChI=1S/C28H22Cl2N2O3/c1-16-8-2-7-13-21(16)31-22(33)14-15-32-25(34)23-24(26(32)35)28(30)18-10-4-3-9-17(18)27(23,29)19-11-5-6-12-20(19)28/h2-13,23-24H,14-15H2,1H3,(H,31,33)/t23-,24-,27?,28?/m0/s1. The lowest BCUT2D eigenvalue weighted by Crippen LogP contribution is -2.57. The summed E-state index contributed by atoms with van der Waals surface area (Å²) in [6, 6.07) is 22.5. The van der Waals surface area contributed by atoms with E-state index < -0.39 is 21.6 Å². The molecule has 1 N–H and O–H groups in total. The second-order valence-corrected chi connectivity index (χ2v) is 10.6. The SMILES string of the molecule is Cc1ccccc1NC(=O)CCN1C(=O)[C@@H]2[C@@H](C1=O)C1(Cl)c3ccccc3C2(Cl)c2ccccc21. The summed E-state index contributed by atoms with van der Waals surface area (Å²) in [6.45, 7) is 1.87. The van der Waals surface area contributed by atoms with Crippen molar-refractivity contribution in [2.24, 2.45) is 11.8 Å². The molecule has 5 nitrogen and oxygen atoms in total. The smallest absolute Gasteiger partial charge is 0.235 e. The first-order chi connectivity index (χ1) is 16.8. The molecule has 3 aromatic carbocycles. The molecule has 0 saturated carbocycles. The van der Waals surface area contributed by atoms with E-state index in [2.05, 4.69) is 5.32 Å². The molecule has 3 aliphatic carbocycles. The number of hydrogen-bond acceptors (Lipinski definition) is 3. The summed E-state index contributed by atoms with van der Waals surface area (Å²) in [4.78, 5) is 38.9. The Hall–Kier alpha value is -3.15. The van der Waals surface area contributed by atoms with Gasteiger partial charge in [0.25, 0.3) is 0 Å². The Balaban J connectivity index is 1.36. The van der Waals surface area contributed by atoms with E-state index in [0.29, 0.717) is 5.69 Å². The number of nitrogens with one attached hydrogen (secondary N) is 1. The molecule has 35 heavy (non-hydrogen) atoms. The summed E-state index contributed by atoms with van der Waals surface area (Å²) in [7, 11) is 0. The fraction of sp³-hybridized carbons (Fsp3) is 0.250. The Morgan fingerprint density at radius 2 is 1.23 bits per heavy atom. The van der Waals surface area contributed by atoms with Gasteiger partial charge in [0.1, 0.15) is 9.75 Å². The van der Waals surface area contributed by atoms with Crippen LogP contribution in [0, 0.1) is 18.8 Å². The number of anilines is 1. The van der Waals surface area contributed by atoms with Crippen LogP contribution in [-0.2, 0) is 24.1 Å². The zero-order valence-electron chi connectivity index (χ0n) is 18.9. The van der Waals surface area contributed by atoms with E-state index in [1.54, 1.807) is 0 Å². The average Bonchev–Trinajstić information content (AvgIpc) is 3.13. The number of amides is 3. The Kier molecular flexibility index (Phi) is 4.89. The number of para-hydroxylation sites is 1. The predicted octanol–water partition coefficient (Wildman–Crippen LogP) is 4.92. The van der Waals surface area contributed by atoms with Crippen LogP contribution >= 0.6 is 23.2 Å². The maximum atomic E-state index is 13.8. The first-order valence-corrected chi connectivity index (χ1v) is 12.3. The number of nitrogens with zero attached hydrogens (tertiary/aromatic N) is 1. The number of likely N-dealkylation sites (tertiary alicyclic amines) is 1. The van der Waals surface area contributed by atoms with Gasteiger partial charge in [0.15, 0.2) is 0 Å². The molecule has 2 bridgehead atoms. The van der Waals surface area contributed by atoms with Crippen LogP contribution < -0.4 is 5.32 Å². The highest BCUT2D eigenvalue weighted by Crippen LogP contribution is 2.69. The molecule has 0 aromatic heterocycles. The largest absolute Gasteiger partial charge is 0.326 e. The van der Waals surface area contributed by atoms with Crippen LogP contribution in [0.4, 0.5) is 5.69 Å². The summed E-state index contributed by atoms with van der Waals surface area (Å²) in [5.41, 5.74) is 4.68. The van der Waals surface area contributed by atoms with Crippen molar-refractivity contribution >= 4 is 46.6 Å². The lowest BCUT2D eigenvalue weighted by atomic mass is 9.54. The number of carbonyl (C=O) groups is 3. The minimum absolute atomic E-state index is 0.0181. The lowest BCUT2D eigenvalue weighted by Gasteiger charge is -2.54. The molecule has 3 amide bonds. The van der Waals surface area contributed by atoms with Gasteiger partial charge in [-0.15, -0.1) is 23.2 Å². The van der Waals surface area contributed by atoms with Gasteiger partial charge in [-0.05, 0) is 40.8 Å². The van der Waals surface area contributed by atoms with Gasteiger partial charge in [-0.1, -0.05) is 66.7 Å². The molecule has 3 aromatic rings. The van der Waals surface area contributed by atoms with Crippen molar-refractivity contribution in [2.75, 3.05) is 11.9 Å². The molecule has 7 heteroatoms. The quantitative estimate of drug-likeness (QED) is 0.405. The zero-order chi connectivity index (χ0) is 24.5. The van der Waals surface area contributed by atoms with E-state index in [1.807, 2.05) is 79.7 Å². The molecule has 2 atom stereocenters. The summed E-state index contributed by atoms with van der Waals surface area (Å²) < 4.78 is 0. The van der Waals surface area contributed by atoms with Gasteiger partial charge >= 0.3 is 0 Å². The third-order valence-corrected chi connectivity index (χ3v) is 8.94. The average molecular weight is 505 g/mol. The first-order valence-electron chi connectivity index (χ1n) is 11.6. The van der Waals surface area contributed by atoms with Crippen LogP contribution in [0.15, 0.2) is 72.8 Å². The van der Waals surface area contributed by atoms with Gasteiger partial charge in [-0.3, -0.25) is 19.3 Å². The molecule has 0 radical (unpaired) electrons. The molecule has 1 heterocycles. The number of carbonyl (C=O) groups excluding carboxylic acids is 3. The minimum Gasteiger partial charge on any atom is -0.326 e. The fourth-order valence-corrected chi connectivity index (χ4v) is 7.18. The van der Waals surface area contributed by atoms with Gasteiger partial charge in [0.05, 0.1) is 11.8 Å². The van der Waals surface area contributed by atoms with Crippen LogP contribution in [0.25, 0.3) is 0 Å². The van der Waals surface area contributed by atoms with E-state index in [-0.39, 0.29) is 30.7 Å². The lowest BCUT2D eigenvalue weighted by molar-refractivity contribution is -0.140. The highest BCUT2D eigenvalue weighted by Gasteiger charge is 2.72. The van der Waals surface area contributed by atoms with Crippen LogP contribution in [0.3, 0.4) is 0 Å². The van der Waals surface area contributed by atoms with Gasteiger partial charge in [-0.2, -0.15) is 0 Å². The van der Waals surface area contributed by atoms with Crippen LogP contribution in [0.1, 0.15) is 34.2 Å². The molecular formula is C28H22Cl2N2O3. The van der Waals surface area contributed by atoms with Crippen molar-refractivity contribution in [1.29, 1.82) is 0 Å². The summed E-state index contributed by atoms with van der Waals surface area (Å²) in [6.07, 6.45) is -0.0181. The first kappa shape index (κ1) is 22.3. The maximum Gasteiger partial charge on any atom is 0.235 e. The van der Waals surface area contributed by atoms with Crippen molar-refractivity contribution in [1.82, 2.24) is 4.90 Å². The Morgan fingerprint density at radius 1 is 0.800 bits per heavy atom. The third kappa shape index (κ3) is 2.85. The van der Waals surface area contributed by atoms with Gasteiger partial charge < -0.3 is 5.32 Å². The van der Waals surface area contributed by atoms with Crippen molar-refractivity contribution < 1.29 is 14.4 Å². The number of halogens is 2. The summed E-state index contributed by atoms with van der Waals surface area (Å²) in [5, 5.41) is 2.86. The molecule has 176 valence electrons. The van der Waals surface area contributed by atoms with Crippen LogP contribution in [0.5, 0.6) is 0 Å². The topological polar surface area (TPSA) is 66.5 Å². The van der Waals surface area contributed by atoms with Crippen molar-refractivity contribution in [2.45, 2.75) is 23.1 Å². The molecule has 1 fully saturated rings. The highest BCUT2D eigenvalue weighted by atomic mass is 35.5. The molecule has 4 aliphatic rings. The van der Waals surface area contributed by atoms with E-state index in [9.17, 15) is 14.4 Å². The van der Waals surface area contributed by atoms with E-state index in [1.165, 1.54) is 4.90 Å². The molecular weight excluding hydrogens is 483 g/mol. The highest BCUT2D eigenvalue weighted by molar-refractivity contribution is 6.36. The van der Waals surface area contributed by atoms with Gasteiger partial charge in [0.2, 0.25) is 17.7 Å². The van der Waals surface area contributed by atoms with E-state index in [0.717, 1.165) is 27.8 Å². The number of rotatable bonds is 4. The predicted molar refractivity (Wildman–Crippen MR) is 134 cm³/mol. The molecule has 7 rings (SSSR count). The van der Waals surface area contributed by atoms with Crippen molar-refractivity contribution in [3.05, 3.63) is 101 Å². The molecule has 0 spiro atoms. The van der Waals surface area contributed by atoms with E-state index >= 15 is 0 Å². The van der Waals surface area contributed by atoms with Crippen molar-refractivity contribution in [3.63, 3.8) is 0 Å². The van der Waals surface area contributed by atoms with Crippen molar-refractivity contribution in [3.8, 4) is 0 Å². The second kappa shape index (κ2) is 7.67. The number of alkyl halides is 2.